The Kier molecular flexibility index (Phi) is 2.82. The molecule has 1 fully saturated rings. The molecule has 1 aromatic carbocycles. The summed E-state index contributed by atoms with van der Waals surface area (Å²) in [7, 11) is 0. The highest BCUT2D eigenvalue weighted by Gasteiger charge is 2.30. The van der Waals surface area contributed by atoms with E-state index in [-0.39, 0.29) is 4.75 Å². The molecule has 0 aliphatic carbocycles. The molecule has 2 heterocycles. The van der Waals surface area contributed by atoms with Gasteiger partial charge in [-0.25, -0.2) is 0 Å². The van der Waals surface area contributed by atoms with Crippen LogP contribution in [-0.4, -0.2) is 35.3 Å². The van der Waals surface area contributed by atoms with Gasteiger partial charge in [-0.1, -0.05) is 0 Å². The summed E-state index contributed by atoms with van der Waals surface area (Å²) in [6.07, 6.45) is 0. The summed E-state index contributed by atoms with van der Waals surface area (Å²) in [6.45, 7) is 6.44. The normalized spacial score (nSPS) is 21.3. The maximum Gasteiger partial charge on any atom is 0.296 e. The summed E-state index contributed by atoms with van der Waals surface area (Å²) in [5, 5.41) is 2.63. The van der Waals surface area contributed by atoms with Gasteiger partial charge in [0.05, 0.1) is 11.3 Å². The summed E-state index contributed by atoms with van der Waals surface area (Å²) in [4.78, 5) is 25.2. The molecular formula is C14H16N2O2S. The van der Waals surface area contributed by atoms with Gasteiger partial charge in [-0.2, -0.15) is 11.8 Å². The lowest BCUT2D eigenvalue weighted by atomic mass is 10.1. The molecule has 0 bridgehead atoms. The minimum Gasteiger partial charge on any atom is -0.369 e. The first-order valence-electron chi connectivity index (χ1n) is 6.35. The molecule has 0 saturated carbocycles. The summed E-state index contributed by atoms with van der Waals surface area (Å²) in [6, 6.07) is 5.59. The van der Waals surface area contributed by atoms with E-state index in [1.54, 1.807) is 6.07 Å². The summed E-state index contributed by atoms with van der Waals surface area (Å²) in [5.74, 6) is 0.132. The highest BCUT2D eigenvalue weighted by atomic mass is 32.2. The SMILES string of the molecule is CC1(C)CN(c2ccc3c(c2)NC(=O)C3=O)CCS1. The van der Waals surface area contributed by atoms with Crippen LogP contribution in [0.1, 0.15) is 24.2 Å². The highest BCUT2D eigenvalue weighted by Crippen LogP contribution is 2.34. The monoisotopic (exact) mass is 276 g/mol. The summed E-state index contributed by atoms with van der Waals surface area (Å²) < 4.78 is 0.232. The third kappa shape index (κ3) is 2.23. The number of amides is 1. The van der Waals surface area contributed by atoms with Crippen molar-refractivity contribution in [1.82, 2.24) is 0 Å². The maximum absolute atomic E-state index is 11.6. The molecule has 0 spiro atoms. The number of fused-ring (bicyclic) bond motifs is 1. The smallest absolute Gasteiger partial charge is 0.296 e. The van der Waals surface area contributed by atoms with Crippen LogP contribution in [0.5, 0.6) is 0 Å². The van der Waals surface area contributed by atoms with Crippen molar-refractivity contribution < 1.29 is 9.59 Å². The number of anilines is 2. The second-order valence-electron chi connectivity index (χ2n) is 5.54. The number of hydrogen-bond donors (Lipinski definition) is 1. The van der Waals surface area contributed by atoms with Gasteiger partial charge in [0, 0.05) is 29.3 Å². The van der Waals surface area contributed by atoms with E-state index in [0.29, 0.717) is 11.3 Å². The molecule has 1 saturated heterocycles. The van der Waals surface area contributed by atoms with Gasteiger partial charge in [0.25, 0.3) is 11.7 Å². The number of nitrogens with zero attached hydrogens (tertiary/aromatic N) is 1. The van der Waals surface area contributed by atoms with Gasteiger partial charge < -0.3 is 10.2 Å². The van der Waals surface area contributed by atoms with Crippen LogP contribution in [0.2, 0.25) is 0 Å². The predicted molar refractivity (Wildman–Crippen MR) is 78.2 cm³/mol. The standard InChI is InChI=1S/C14H16N2O2S/c1-14(2)8-16(5-6-19-14)9-3-4-10-11(7-9)15-13(18)12(10)17/h3-4,7H,5-6,8H2,1-2H3,(H,15,17,18). The number of benzene rings is 1. The van der Waals surface area contributed by atoms with Crippen LogP contribution in [0.15, 0.2) is 18.2 Å². The molecule has 0 aromatic heterocycles. The van der Waals surface area contributed by atoms with E-state index in [0.717, 1.165) is 24.5 Å². The number of hydrogen-bond acceptors (Lipinski definition) is 4. The zero-order valence-electron chi connectivity index (χ0n) is 11.0. The molecule has 2 aliphatic rings. The Morgan fingerprint density at radius 3 is 2.84 bits per heavy atom. The van der Waals surface area contributed by atoms with Crippen molar-refractivity contribution in [2.24, 2.45) is 0 Å². The molecule has 1 N–H and O–H groups in total. The number of carbonyl (C=O) groups excluding carboxylic acids is 2. The van der Waals surface area contributed by atoms with Crippen LogP contribution in [0, 0.1) is 0 Å². The Labute approximate surface area is 116 Å². The molecular weight excluding hydrogens is 260 g/mol. The van der Waals surface area contributed by atoms with Gasteiger partial charge in [-0.05, 0) is 32.0 Å². The van der Waals surface area contributed by atoms with Crippen molar-refractivity contribution in [2.45, 2.75) is 18.6 Å². The Morgan fingerprint density at radius 2 is 2.11 bits per heavy atom. The predicted octanol–water partition coefficient (Wildman–Crippen LogP) is 2.15. The van der Waals surface area contributed by atoms with E-state index in [1.807, 2.05) is 23.9 Å². The van der Waals surface area contributed by atoms with Gasteiger partial charge in [0.2, 0.25) is 0 Å². The molecule has 5 heteroatoms. The second kappa shape index (κ2) is 4.27. The van der Waals surface area contributed by atoms with Gasteiger partial charge in [-0.15, -0.1) is 0 Å². The lowest BCUT2D eigenvalue weighted by Crippen LogP contribution is -2.43. The van der Waals surface area contributed by atoms with E-state index in [2.05, 4.69) is 24.1 Å². The summed E-state index contributed by atoms with van der Waals surface area (Å²) in [5.41, 5.74) is 2.20. The van der Waals surface area contributed by atoms with E-state index in [4.69, 9.17) is 0 Å². The Balaban J connectivity index is 1.90. The van der Waals surface area contributed by atoms with Crippen molar-refractivity contribution in [3.63, 3.8) is 0 Å². The number of Topliss-reactive ketones (excluding diaryl/α,β-unsaturated/α-hetero) is 1. The first-order chi connectivity index (χ1) is 8.96. The van der Waals surface area contributed by atoms with Crippen molar-refractivity contribution in [2.75, 3.05) is 29.1 Å². The lowest BCUT2D eigenvalue weighted by molar-refractivity contribution is -0.112. The molecule has 4 nitrogen and oxygen atoms in total. The second-order valence-corrected chi connectivity index (χ2v) is 7.34. The van der Waals surface area contributed by atoms with Gasteiger partial charge in [0.1, 0.15) is 0 Å². The first kappa shape index (κ1) is 12.5. The van der Waals surface area contributed by atoms with Gasteiger partial charge in [-0.3, -0.25) is 9.59 Å². The number of thioether (sulfide) groups is 1. The molecule has 2 aliphatic heterocycles. The summed E-state index contributed by atoms with van der Waals surface area (Å²) >= 11 is 1.98. The molecule has 100 valence electrons. The zero-order chi connectivity index (χ0) is 13.6. The van der Waals surface area contributed by atoms with E-state index < -0.39 is 11.7 Å². The fraction of sp³-hybridized carbons (Fsp3) is 0.429. The Hall–Kier alpha value is -1.49. The average molecular weight is 276 g/mol. The van der Waals surface area contributed by atoms with E-state index >= 15 is 0 Å². The number of carbonyl (C=O) groups is 2. The largest absolute Gasteiger partial charge is 0.369 e. The molecule has 0 atom stereocenters. The first-order valence-corrected chi connectivity index (χ1v) is 7.33. The fourth-order valence-electron chi connectivity index (χ4n) is 2.57. The quantitative estimate of drug-likeness (QED) is 0.799. The van der Waals surface area contributed by atoms with Gasteiger partial charge >= 0.3 is 0 Å². The number of nitrogens with one attached hydrogen (secondary N) is 1. The van der Waals surface area contributed by atoms with Crippen molar-refractivity contribution >= 4 is 34.8 Å². The van der Waals surface area contributed by atoms with Crippen molar-refractivity contribution in [1.29, 1.82) is 0 Å². The van der Waals surface area contributed by atoms with Crippen molar-refractivity contribution in [3.05, 3.63) is 23.8 Å². The van der Waals surface area contributed by atoms with Crippen LogP contribution in [0.25, 0.3) is 0 Å². The van der Waals surface area contributed by atoms with Gasteiger partial charge in [0.15, 0.2) is 0 Å². The molecule has 1 aromatic rings. The van der Waals surface area contributed by atoms with Crippen LogP contribution in [0.3, 0.4) is 0 Å². The molecule has 0 unspecified atom stereocenters. The zero-order valence-corrected chi connectivity index (χ0v) is 11.8. The Morgan fingerprint density at radius 1 is 1.32 bits per heavy atom. The number of rotatable bonds is 1. The van der Waals surface area contributed by atoms with E-state index in [1.165, 1.54) is 0 Å². The van der Waals surface area contributed by atoms with E-state index in [9.17, 15) is 9.59 Å². The fourth-order valence-corrected chi connectivity index (χ4v) is 3.68. The topological polar surface area (TPSA) is 49.4 Å². The third-order valence-corrected chi connectivity index (χ3v) is 4.79. The minimum absolute atomic E-state index is 0.232. The third-order valence-electron chi connectivity index (χ3n) is 3.49. The maximum atomic E-state index is 11.6. The number of ketones is 1. The molecule has 3 rings (SSSR count). The minimum atomic E-state index is -0.526. The Bertz CT molecular complexity index is 569. The average Bonchev–Trinajstić information content (AvgIpc) is 2.63. The van der Waals surface area contributed by atoms with Crippen LogP contribution >= 0.6 is 11.8 Å². The van der Waals surface area contributed by atoms with Crippen LogP contribution in [-0.2, 0) is 4.79 Å². The lowest BCUT2D eigenvalue weighted by Gasteiger charge is -2.39. The highest BCUT2D eigenvalue weighted by molar-refractivity contribution is 8.00. The van der Waals surface area contributed by atoms with Crippen molar-refractivity contribution in [3.8, 4) is 0 Å². The molecule has 0 radical (unpaired) electrons. The molecule has 1 amide bonds. The van der Waals surface area contributed by atoms with Crippen LogP contribution < -0.4 is 10.2 Å². The molecule has 19 heavy (non-hydrogen) atoms. The van der Waals surface area contributed by atoms with Crippen LogP contribution in [0.4, 0.5) is 11.4 Å².